The van der Waals surface area contributed by atoms with E-state index in [1.165, 1.54) is 0 Å². The molecule has 2 rings (SSSR count). The van der Waals surface area contributed by atoms with E-state index in [1.54, 1.807) is 11.8 Å². The number of nitrogens with zero attached hydrogens (tertiary/aromatic N) is 1. The summed E-state index contributed by atoms with van der Waals surface area (Å²) in [5, 5.41) is 9.17. The lowest BCUT2D eigenvalue weighted by Gasteiger charge is -2.36. The molecule has 2 aliphatic heterocycles. The number of ether oxygens (including phenoxy) is 2. The highest BCUT2D eigenvalue weighted by Gasteiger charge is 2.37. The molecule has 0 saturated carbocycles. The number of carbonyl (C=O) groups is 2. The van der Waals surface area contributed by atoms with Crippen LogP contribution in [-0.4, -0.2) is 60.9 Å². The first-order valence-corrected chi connectivity index (χ1v) is 7.72. The van der Waals surface area contributed by atoms with Crippen molar-refractivity contribution >= 4 is 11.9 Å². The highest BCUT2D eigenvalue weighted by Crippen LogP contribution is 2.31. The molecule has 2 aliphatic rings. The van der Waals surface area contributed by atoms with Crippen molar-refractivity contribution in [3.05, 3.63) is 0 Å². The van der Waals surface area contributed by atoms with Gasteiger partial charge in [0.25, 0.3) is 0 Å². The Morgan fingerprint density at radius 3 is 2.62 bits per heavy atom. The number of carboxylic acids is 1. The fourth-order valence-corrected chi connectivity index (χ4v) is 2.77. The van der Waals surface area contributed by atoms with E-state index in [9.17, 15) is 9.59 Å². The number of carboxylic acid groups (broad SMARTS) is 1. The van der Waals surface area contributed by atoms with E-state index in [-0.39, 0.29) is 18.6 Å². The van der Waals surface area contributed by atoms with Crippen LogP contribution in [0.25, 0.3) is 0 Å². The minimum atomic E-state index is -0.778. The SMILES string of the molecule is CC1(C(=O)O)CCN(C(=O)COC[C@@H]2CCCCO2)CC1. The number of likely N-dealkylation sites (tertiary alicyclic amines) is 1. The second kappa shape index (κ2) is 7.22. The zero-order valence-corrected chi connectivity index (χ0v) is 12.7. The summed E-state index contributed by atoms with van der Waals surface area (Å²) in [6.45, 7) is 4.03. The van der Waals surface area contributed by atoms with Gasteiger partial charge in [0.2, 0.25) is 5.91 Å². The van der Waals surface area contributed by atoms with Crippen molar-refractivity contribution in [3.63, 3.8) is 0 Å². The molecule has 1 amide bonds. The summed E-state index contributed by atoms with van der Waals surface area (Å²) >= 11 is 0. The van der Waals surface area contributed by atoms with Gasteiger partial charge in [-0.3, -0.25) is 9.59 Å². The molecule has 0 bridgehead atoms. The largest absolute Gasteiger partial charge is 0.481 e. The highest BCUT2D eigenvalue weighted by atomic mass is 16.5. The van der Waals surface area contributed by atoms with E-state index >= 15 is 0 Å². The zero-order valence-electron chi connectivity index (χ0n) is 12.7. The third kappa shape index (κ3) is 4.41. The van der Waals surface area contributed by atoms with E-state index in [0.29, 0.717) is 32.5 Å². The number of hydrogen-bond donors (Lipinski definition) is 1. The number of rotatable bonds is 5. The quantitative estimate of drug-likeness (QED) is 0.827. The Bertz CT molecular complexity index is 370. The van der Waals surface area contributed by atoms with Gasteiger partial charge in [-0.2, -0.15) is 0 Å². The molecular formula is C15H25NO5. The zero-order chi connectivity index (χ0) is 15.3. The van der Waals surface area contributed by atoms with Crippen LogP contribution in [0.2, 0.25) is 0 Å². The summed E-state index contributed by atoms with van der Waals surface area (Å²) in [5.74, 6) is -0.835. The van der Waals surface area contributed by atoms with E-state index in [2.05, 4.69) is 0 Å². The Morgan fingerprint density at radius 1 is 1.33 bits per heavy atom. The molecule has 0 radical (unpaired) electrons. The Balaban J connectivity index is 1.66. The number of hydrogen-bond acceptors (Lipinski definition) is 4. The predicted molar refractivity (Wildman–Crippen MR) is 76.0 cm³/mol. The van der Waals surface area contributed by atoms with Crippen molar-refractivity contribution < 1.29 is 24.2 Å². The lowest BCUT2D eigenvalue weighted by molar-refractivity contribution is -0.154. The minimum Gasteiger partial charge on any atom is -0.481 e. The summed E-state index contributed by atoms with van der Waals surface area (Å²) in [4.78, 5) is 24.9. The first-order chi connectivity index (χ1) is 10.0. The molecule has 1 N–H and O–H groups in total. The maximum Gasteiger partial charge on any atom is 0.309 e. The van der Waals surface area contributed by atoms with Crippen molar-refractivity contribution in [2.45, 2.75) is 45.1 Å². The monoisotopic (exact) mass is 299 g/mol. The molecule has 0 aromatic carbocycles. The van der Waals surface area contributed by atoms with Crippen LogP contribution < -0.4 is 0 Å². The fourth-order valence-electron chi connectivity index (χ4n) is 2.77. The molecule has 120 valence electrons. The third-order valence-corrected chi connectivity index (χ3v) is 4.54. The molecule has 0 aromatic rings. The molecule has 0 aromatic heterocycles. The van der Waals surface area contributed by atoms with Crippen molar-refractivity contribution in [1.29, 1.82) is 0 Å². The Hall–Kier alpha value is -1.14. The van der Waals surface area contributed by atoms with Crippen LogP contribution in [0.5, 0.6) is 0 Å². The van der Waals surface area contributed by atoms with Gasteiger partial charge in [-0.15, -0.1) is 0 Å². The predicted octanol–water partition coefficient (Wildman–Crippen LogP) is 1.29. The molecule has 2 fully saturated rings. The molecular weight excluding hydrogens is 274 g/mol. The topological polar surface area (TPSA) is 76.1 Å². The first kappa shape index (κ1) is 16.2. The van der Waals surface area contributed by atoms with Crippen LogP contribution >= 0.6 is 0 Å². The van der Waals surface area contributed by atoms with Gasteiger partial charge >= 0.3 is 5.97 Å². The summed E-state index contributed by atoms with van der Waals surface area (Å²) < 4.78 is 11.0. The molecule has 0 aliphatic carbocycles. The molecule has 0 unspecified atom stereocenters. The lowest BCUT2D eigenvalue weighted by Crippen LogP contribution is -2.46. The molecule has 6 heteroatoms. The summed E-state index contributed by atoms with van der Waals surface area (Å²) in [5.41, 5.74) is -0.701. The average molecular weight is 299 g/mol. The van der Waals surface area contributed by atoms with E-state index < -0.39 is 11.4 Å². The number of amides is 1. The van der Waals surface area contributed by atoms with Gasteiger partial charge in [-0.1, -0.05) is 0 Å². The Kier molecular flexibility index (Phi) is 5.58. The van der Waals surface area contributed by atoms with Gasteiger partial charge in [0.15, 0.2) is 0 Å². The minimum absolute atomic E-state index is 0.0572. The number of piperidine rings is 1. The van der Waals surface area contributed by atoms with Crippen LogP contribution in [0.3, 0.4) is 0 Å². The van der Waals surface area contributed by atoms with Crippen molar-refractivity contribution in [1.82, 2.24) is 4.90 Å². The second-order valence-electron chi connectivity index (χ2n) is 6.25. The maximum atomic E-state index is 12.0. The van der Waals surface area contributed by atoms with Gasteiger partial charge in [-0.05, 0) is 39.0 Å². The lowest BCUT2D eigenvalue weighted by atomic mass is 9.80. The van der Waals surface area contributed by atoms with Crippen molar-refractivity contribution in [2.75, 3.05) is 32.9 Å². The molecule has 21 heavy (non-hydrogen) atoms. The smallest absolute Gasteiger partial charge is 0.309 e. The standard InChI is InChI=1S/C15H25NO5/c1-15(14(18)19)5-7-16(8-6-15)13(17)11-20-10-12-4-2-3-9-21-12/h12H,2-11H2,1H3,(H,18,19)/t12-/m0/s1. The van der Waals surface area contributed by atoms with Crippen molar-refractivity contribution in [3.8, 4) is 0 Å². The molecule has 6 nitrogen and oxygen atoms in total. The highest BCUT2D eigenvalue weighted by molar-refractivity contribution is 5.79. The van der Waals surface area contributed by atoms with E-state index in [1.807, 2.05) is 0 Å². The van der Waals surface area contributed by atoms with Gasteiger partial charge < -0.3 is 19.5 Å². The first-order valence-electron chi connectivity index (χ1n) is 7.72. The van der Waals surface area contributed by atoms with E-state index in [4.69, 9.17) is 14.6 Å². The fraction of sp³-hybridized carbons (Fsp3) is 0.867. The summed E-state index contributed by atoms with van der Waals surface area (Å²) in [6, 6.07) is 0. The van der Waals surface area contributed by atoms with Gasteiger partial charge in [-0.25, -0.2) is 0 Å². The number of aliphatic carboxylic acids is 1. The van der Waals surface area contributed by atoms with Gasteiger partial charge in [0, 0.05) is 19.7 Å². The van der Waals surface area contributed by atoms with Crippen LogP contribution in [0.15, 0.2) is 0 Å². The number of carbonyl (C=O) groups excluding carboxylic acids is 1. The van der Waals surface area contributed by atoms with Crippen LogP contribution in [0.4, 0.5) is 0 Å². The molecule has 2 heterocycles. The normalized spacial score (nSPS) is 25.6. The van der Waals surface area contributed by atoms with E-state index in [0.717, 1.165) is 25.9 Å². The van der Waals surface area contributed by atoms with Gasteiger partial charge in [0.05, 0.1) is 18.1 Å². The third-order valence-electron chi connectivity index (χ3n) is 4.54. The molecule has 1 atom stereocenters. The average Bonchev–Trinajstić information content (AvgIpc) is 2.49. The Labute approximate surface area is 125 Å². The van der Waals surface area contributed by atoms with Gasteiger partial charge in [0.1, 0.15) is 6.61 Å². The van der Waals surface area contributed by atoms with Crippen LogP contribution in [0, 0.1) is 5.41 Å². The second-order valence-corrected chi connectivity index (χ2v) is 6.25. The van der Waals surface area contributed by atoms with Crippen LogP contribution in [0.1, 0.15) is 39.0 Å². The molecule has 0 spiro atoms. The van der Waals surface area contributed by atoms with Crippen LogP contribution in [-0.2, 0) is 19.1 Å². The maximum absolute atomic E-state index is 12.0. The summed E-state index contributed by atoms with van der Waals surface area (Å²) in [6.07, 6.45) is 4.37. The van der Waals surface area contributed by atoms with Crippen molar-refractivity contribution in [2.24, 2.45) is 5.41 Å². The summed E-state index contributed by atoms with van der Waals surface area (Å²) in [7, 11) is 0. The Morgan fingerprint density at radius 2 is 2.05 bits per heavy atom. The molecule has 2 saturated heterocycles.